The molecule has 0 bridgehead atoms. The van der Waals surface area contributed by atoms with Gasteiger partial charge < -0.3 is 10.1 Å². The molecular weight excluding hydrogens is 234 g/mol. The molecule has 0 atom stereocenters. The maximum atomic E-state index is 11.7. The van der Waals surface area contributed by atoms with Gasteiger partial charge >= 0.3 is 5.69 Å². The van der Waals surface area contributed by atoms with Crippen LogP contribution in [0.3, 0.4) is 0 Å². The van der Waals surface area contributed by atoms with E-state index < -0.39 is 0 Å². The summed E-state index contributed by atoms with van der Waals surface area (Å²) in [6, 6.07) is 1.47. The lowest BCUT2D eigenvalue weighted by atomic mass is 10.1. The molecule has 18 heavy (non-hydrogen) atoms. The predicted octanol–water partition coefficient (Wildman–Crippen LogP) is -0.401. The van der Waals surface area contributed by atoms with E-state index in [9.17, 15) is 9.59 Å². The van der Waals surface area contributed by atoms with Crippen molar-refractivity contribution in [3.8, 4) is 0 Å². The van der Waals surface area contributed by atoms with E-state index in [1.165, 1.54) is 17.7 Å². The van der Waals surface area contributed by atoms with E-state index in [2.05, 4.69) is 5.32 Å². The van der Waals surface area contributed by atoms with Crippen LogP contribution in [-0.2, 0) is 25.4 Å². The first-order chi connectivity index (χ1) is 8.28. The third-order valence-corrected chi connectivity index (χ3v) is 2.88. The number of nitrogens with one attached hydrogen (secondary N) is 1. The van der Waals surface area contributed by atoms with Crippen molar-refractivity contribution in [2.45, 2.75) is 25.9 Å². The van der Waals surface area contributed by atoms with Crippen molar-refractivity contribution < 1.29 is 4.74 Å². The van der Waals surface area contributed by atoms with Gasteiger partial charge in [-0.2, -0.15) is 0 Å². The lowest BCUT2D eigenvalue weighted by Crippen LogP contribution is -2.45. The van der Waals surface area contributed by atoms with Crippen LogP contribution in [0.5, 0.6) is 0 Å². The molecule has 6 heteroatoms. The standard InChI is InChI=1S/C12H21N3O3/c1-12(2,8-18-5)13-7-9-6-10(16)15(4)11(17)14(9)3/h6,13H,7-8H2,1-5H3. The number of nitrogens with zero attached hydrogens (tertiary/aromatic N) is 2. The molecule has 0 saturated heterocycles. The Labute approximate surface area is 106 Å². The Balaban J connectivity index is 2.94. The maximum absolute atomic E-state index is 11.7. The van der Waals surface area contributed by atoms with E-state index in [-0.39, 0.29) is 16.8 Å². The van der Waals surface area contributed by atoms with Crippen LogP contribution >= 0.6 is 0 Å². The van der Waals surface area contributed by atoms with Crippen molar-refractivity contribution >= 4 is 0 Å². The summed E-state index contributed by atoms with van der Waals surface area (Å²) in [4.78, 5) is 23.3. The van der Waals surface area contributed by atoms with Crippen LogP contribution in [0.25, 0.3) is 0 Å². The molecule has 0 aliphatic rings. The Morgan fingerprint density at radius 3 is 2.44 bits per heavy atom. The van der Waals surface area contributed by atoms with Crippen molar-refractivity contribution in [1.29, 1.82) is 0 Å². The van der Waals surface area contributed by atoms with Crippen LogP contribution < -0.4 is 16.6 Å². The minimum atomic E-state index is -0.316. The lowest BCUT2D eigenvalue weighted by molar-refractivity contribution is 0.127. The first kappa shape index (κ1) is 14.7. The van der Waals surface area contributed by atoms with Crippen LogP contribution in [0.4, 0.5) is 0 Å². The highest BCUT2D eigenvalue weighted by atomic mass is 16.5. The second-order valence-corrected chi connectivity index (χ2v) is 5.04. The highest BCUT2D eigenvalue weighted by Crippen LogP contribution is 2.03. The molecule has 6 nitrogen and oxygen atoms in total. The zero-order chi connectivity index (χ0) is 13.9. The van der Waals surface area contributed by atoms with Crippen molar-refractivity contribution in [3.63, 3.8) is 0 Å². The molecule has 1 heterocycles. The molecule has 1 N–H and O–H groups in total. The fourth-order valence-corrected chi connectivity index (χ4v) is 1.69. The fourth-order valence-electron chi connectivity index (χ4n) is 1.69. The number of aromatic nitrogens is 2. The maximum Gasteiger partial charge on any atom is 0.330 e. The van der Waals surface area contributed by atoms with Gasteiger partial charge in [-0.1, -0.05) is 0 Å². The summed E-state index contributed by atoms with van der Waals surface area (Å²) in [6.07, 6.45) is 0. The minimum Gasteiger partial charge on any atom is -0.383 e. The van der Waals surface area contributed by atoms with Gasteiger partial charge in [0.15, 0.2) is 0 Å². The van der Waals surface area contributed by atoms with Crippen molar-refractivity contribution in [2.75, 3.05) is 13.7 Å². The first-order valence-corrected chi connectivity index (χ1v) is 5.78. The smallest absolute Gasteiger partial charge is 0.330 e. The number of ether oxygens (including phenoxy) is 1. The third-order valence-electron chi connectivity index (χ3n) is 2.88. The van der Waals surface area contributed by atoms with Gasteiger partial charge in [0.2, 0.25) is 0 Å². The molecule has 1 aromatic rings. The normalized spacial score (nSPS) is 11.8. The summed E-state index contributed by atoms with van der Waals surface area (Å²) in [5.74, 6) is 0. The molecule has 0 unspecified atom stereocenters. The number of hydrogen-bond donors (Lipinski definition) is 1. The summed E-state index contributed by atoms with van der Waals surface area (Å²) >= 11 is 0. The van der Waals surface area contributed by atoms with E-state index in [0.717, 1.165) is 4.57 Å². The Morgan fingerprint density at radius 2 is 1.89 bits per heavy atom. The van der Waals surface area contributed by atoms with Crippen molar-refractivity contribution in [1.82, 2.24) is 14.5 Å². The molecule has 102 valence electrons. The minimum absolute atomic E-state index is 0.216. The molecule has 0 saturated carbocycles. The van der Waals surface area contributed by atoms with Gasteiger partial charge in [-0.15, -0.1) is 0 Å². The topological polar surface area (TPSA) is 65.3 Å². The van der Waals surface area contributed by atoms with Crippen LogP contribution in [0.2, 0.25) is 0 Å². The molecule has 0 amide bonds. The second-order valence-electron chi connectivity index (χ2n) is 5.04. The molecule has 0 aliphatic heterocycles. The van der Waals surface area contributed by atoms with Crippen LogP contribution in [-0.4, -0.2) is 28.4 Å². The quantitative estimate of drug-likeness (QED) is 0.777. The van der Waals surface area contributed by atoms with Crippen LogP contribution in [0.15, 0.2) is 15.7 Å². The molecule has 0 aromatic carbocycles. The van der Waals surface area contributed by atoms with E-state index in [0.29, 0.717) is 18.8 Å². The van der Waals surface area contributed by atoms with E-state index in [4.69, 9.17) is 4.74 Å². The van der Waals surface area contributed by atoms with Gasteiger partial charge in [-0.05, 0) is 13.8 Å². The largest absolute Gasteiger partial charge is 0.383 e. The van der Waals surface area contributed by atoms with E-state index >= 15 is 0 Å². The number of hydrogen-bond acceptors (Lipinski definition) is 4. The van der Waals surface area contributed by atoms with Crippen molar-refractivity contribution in [3.05, 3.63) is 32.6 Å². The Bertz CT molecular complexity index is 528. The fraction of sp³-hybridized carbons (Fsp3) is 0.667. The Kier molecular flexibility index (Phi) is 4.48. The summed E-state index contributed by atoms with van der Waals surface area (Å²) < 4.78 is 7.65. The monoisotopic (exact) mass is 255 g/mol. The number of methoxy groups -OCH3 is 1. The summed E-state index contributed by atoms with van der Waals surface area (Å²) in [5.41, 5.74) is -0.165. The summed E-state index contributed by atoms with van der Waals surface area (Å²) in [6.45, 7) is 4.98. The highest BCUT2D eigenvalue weighted by molar-refractivity contribution is 5.02. The SMILES string of the molecule is COCC(C)(C)NCc1cc(=O)n(C)c(=O)n1C. The van der Waals surface area contributed by atoms with Crippen LogP contribution in [0.1, 0.15) is 19.5 Å². The Morgan fingerprint density at radius 1 is 1.28 bits per heavy atom. The molecule has 1 rings (SSSR count). The first-order valence-electron chi connectivity index (χ1n) is 5.78. The number of rotatable bonds is 5. The third kappa shape index (κ3) is 3.30. The van der Waals surface area contributed by atoms with Gasteiger partial charge in [-0.3, -0.25) is 13.9 Å². The van der Waals surface area contributed by atoms with Gasteiger partial charge in [0.1, 0.15) is 0 Å². The molecular formula is C12H21N3O3. The average molecular weight is 255 g/mol. The summed E-state index contributed by atoms with van der Waals surface area (Å²) in [7, 11) is 4.76. The summed E-state index contributed by atoms with van der Waals surface area (Å²) in [5, 5.41) is 3.26. The molecule has 1 aromatic heterocycles. The van der Waals surface area contributed by atoms with Gasteiger partial charge in [0.25, 0.3) is 5.56 Å². The lowest BCUT2D eigenvalue weighted by Gasteiger charge is -2.25. The van der Waals surface area contributed by atoms with E-state index in [1.54, 1.807) is 14.2 Å². The molecule has 0 fully saturated rings. The highest BCUT2D eigenvalue weighted by Gasteiger charge is 2.17. The van der Waals surface area contributed by atoms with Gasteiger partial charge in [0, 0.05) is 45.0 Å². The van der Waals surface area contributed by atoms with Gasteiger partial charge in [0.05, 0.1) is 6.61 Å². The molecule has 0 aliphatic carbocycles. The molecule has 0 spiro atoms. The van der Waals surface area contributed by atoms with Gasteiger partial charge in [-0.25, -0.2) is 4.79 Å². The zero-order valence-corrected chi connectivity index (χ0v) is 11.6. The second kappa shape index (κ2) is 5.49. The van der Waals surface area contributed by atoms with Crippen LogP contribution in [0, 0.1) is 0 Å². The van der Waals surface area contributed by atoms with E-state index in [1.807, 2.05) is 13.8 Å². The van der Waals surface area contributed by atoms with Crippen molar-refractivity contribution in [2.24, 2.45) is 14.1 Å². The Hall–Kier alpha value is -1.40. The predicted molar refractivity (Wildman–Crippen MR) is 69.7 cm³/mol. The molecule has 0 radical (unpaired) electrons. The average Bonchev–Trinajstić information content (AvgIpc) is 2.29. The zero-order valence-electron chi connectivity index (χ0n) is 11.6.